The molecular weight excluding hydrogens is 220 g/mol. The average Bonchev–Trinajstić information content (AvgIpc) is 2.15. The molecule has 0 aliphatic rings. The lowest BCUT2D eigenvalue weighted by Crippen LogP contribution is -2.38. The van der Waals surface area contributed by atoms with Crippen molar-refractivity contribution in [3.05, 3.63) is 0 Å². The Morgan fingerprint density at radius 3 is 2.44 bits per heavy atom. The van der Waals surface area contributed by atoms with Crippen molar-refractivity contribution < 1.29 is 23.1 Å². The molecule has 1 atom stereocenters. The molecule has 4 nitrogen and oxygen atoms in total. The third kappa shape index (κ3) is 7.28. The van der Waals surface area contributed by atoms with Crippen molar-refractivity contribution in [3.63, 3.8) is 0 Å². The van der Waals surface area contributed by atoms with Gasteiger partial charge in [-0.3, -0.25) is 9.59 Å². The molecule has 0 spiro atoms. The standard InChI is InChI=1S/C10H17F2NO3/c1-3-16-9(15)4-5-13-8(10(11)12)6-7(2)14/h8,10,13H,3-6H2,1-2H3. The molecule has 0 aromatic rings. The van der Waals surface area contributed by atoms with Gasteiger partial charge in [-0.1, -0.05) is 0 Å². The molecule has 0 heterocycles. The smallest absolute Gasteiger partial charge is 0.307 e. The number of hydrogen-bond acceptors (Lipinski definition) is 4. The fourth-order valence-electron chi connectivity index (χ4n) is 1.15. The zero-order valence-electron chi connectivity index (χ0n) is 9.46. The van der Waals surface area contributed by atoms with Crippen molar-refractivity contribution in [2.45, 2.75) is 39.2 Å². The molecular formula is C10H17F2NO3. The number of Topliss-reactive ketones (excluding diaryl/α,β-unsaturated/α-hetero) is 1. The molecule has 0 rings (SSSR count). The van der Waals surface area contributed by atoms with E-state index >= 15 is 0 Å². The van der Waals surface area contributed by atoms with Crippen LogP contribution in [-0.2, 0) is 14.3 Å². The SMILES string of the molecule is CCOC(=O)CCNC(CC(C)=O)C(F)F. The molecule has 0 radical (unpaired) electrons. The Kier molecular flexibility index (Phi) is 7.62. The van der Waals surface area contributed by atoms with Gasteiger partial charge in [-0.25, -0.2) is 8.78 Å². The Bertz CT molecular complexity index is 234. The second-order valence-electron chi connectivity index (χ2n) is 3.36. The molecule has 1 N–H and O–H groups in total. The molecule has 0 bridgehead atoms. The highest BCUT2D eigenvalue weighted by molar-refractivity contribution is 5.76. The molecule has 0 aliphatic carbocycles. The minimum absolute atomic E-state index is 0.0228. The maximum Gasteiger partial charge on any atom is 0.307 e. The molecule has 0 fully saturated rings. The summed E-state index contributed by atoms with van der Waals surface area (Å²) in [5, 5.41) is 2.47. The van der Waals surface area contributed by atoms with Crippen LogP contribution < -0.4 is 5.32 Å². The zero-order chi connectivity index (χ0) is 12.6. The Morgan fingerprint density at radius 2 is 2.00 bits per heavy atom. The van der Waals surface area contributed by atoms with E-state index in [0.29, 0.717) is 0 Å². The summed E-state index contributed by atoms with van der Waals surface area (Å²) in [6.07, 6.45) is -2.83. The van der Waals surface area contributed by atoms with Crippen LogP contribution in [0.4, 0.5) is 8.78 Å². The largest absolute Gasteiger partial charge is 0.466 e. The highest BCUT2D eigenvalue weighted by Gasteiger charge is 2.21. The molecule has 6 heteroatoms. The molecule has 0 aliphatic heterocycles. The fraction of sp³-hybridized carbons (Fsp3) is 0.800. The second-order valence-corrected chi connectivity index (χ2v) is 3.36. The van der Waals surface area contributed by atoms with E-state index in [-0.39, 0.29) is 31.8 Å². The Labute approximate surface area is 93.3 Å². The topological polar surface area (TPSA) is 55.4 Å². The van der Waals surface area contributed by atoms with Crippen LogP contribution in [0.1, 0.15) is 26.7 Å². The number of ether oxygens (including phenoxy) is 1. The van der Waals surface area contributed by atoms with Crippen molar-refractivity contribution in [2.75, 3.05) is 13.2 Å². The maximum atomic E-state index is 12.4. The van der Waals surface area contributed by atoms with Crippen LogP contribution in [0, 0.1) is 0 Å². The van der Waals surface area contributed by atoms with E-state index < -0.39 is 18.4 Å². The monoisotopic (exact) mass is 237 g/mol. The number of carbonyl (C=O) groups is 2. The maximum absolute atomic E-state index is 12.4. The lowest BCUT2D eigenvalue weighted by atomic mass is 10.1. The van der Waals surface area contributed by atoms with Crippen LogP contribution in [0.3, 0.4) is 0 Å². The Hall–Kier alpha value is -1.04. The van der Waals surface area contributed by atoms with Gasteiger partial charge in [0, 0.05) is 13.0 Å². The van der Waals surface area contributed by atoms with Crippen molar-refractivity contribution >= 4 is 11.8 Å². The van der Waals surface area contributed by atoms with E-state index in [2.05, 4.69) is 10.1 Å². The van der Waals surface area contributed by atoms with Gasteiger partial charge in [0.15, 0.2) is 0 Å². The Morgan fingerprint density at radius 1 is 1.38 bits per heavy atom. The minimum atomic E-state index is -2.62. The number of nitrogens with one attached hydrogen (secondary N) is 1. The van der Waals surface area contributed by atoms with E-state index in [1.807, 2.05) is 0 Å². The van der Waals surface area contributed by atoms with Crippen LogP contribution >= 0.6 is 0 Å². The predicted molar refractivity (Wildman–Crippen MR) is 54.3 cm³/mol. The molecule has 94 valence electrons. The lowest BCUT2D eigenvalue weighted by molar-refractivity contribution is -0.143. The number of alkyl halides is 2. The highest BCUT2D eigenvalue weighted by Crippen LogP contribution is 2.05. The normalized spacial score (nSPS) is 12.6. The number of ketones is 1. The quantitative estimate of drug-likeness (QED) is 0.643. The molecule has 0 saturated heterocycles. The minimum Gasteiger partial charge on any atom is -0.466 e. The highest BCUT2D eigenvalue weighted by atomic mass is 19.3. The molecule has 1 unspecified atom stereocenters. The van der Waals surface area contributed by atoms with Gasteiger partial charge in [-0.05, 0) is 13.8 Å². The van der Waals surface area contributed by atoms with Crippen molar-refractivity contribution in [1.29, 1.82) is 0 Å². The third-order valence-corrected chi connectivity index (χ3v) is 1.85. The van der Waals surface area contributed by atoms with Crippen LogP contribution in [0.25, 0.3) is 0 Å². The first-order chi connectivity index (χ1) is 7.47. The molecule has 0 aromatic heterocycles. The van der Waals surface area contributed by atoms with Crippen LogP contribution in [0.15, 0.2) is 0 Å². The van der Waals surface area contributed by atoms with Gasteiger partial charge in [0.05, 0.1) is 19.1 Å². The summed E-state index contributed by atoms with van der Waals surface area (Å²) in [6.45, 7) is 3.27. The van der Waals surface area contributed by atoms with Crippen molar-refractivity contribution in [1.82, 2.24) is 5.32 Å². The zero-order valence-corrected chi connectivity index (χ0v) is 9.46. The van der Waals surface area contributed by atoms with E-state index in [4.69, 9.17) is 0 Å². The first kappa shape index (κ1) is 15.0. The van der Waals surface area contributed by atoms with Crippen molar-refractivity contribution in [3.8, 4) is 0 Å². The van der Waals surface area contributed by atoms with Gasteiger partial charge in [-0.2, -0.15) is 0 Å². The van der Waals surface area contributed by atoms with Gasteiger partial charge < -0.3 is 10.1 Å². The van der Waals surface area contributed by atoms with E-state index in [9.17, 15) is 18.4 Å². The number of hydrogen-bond donors (Lipinski definition) is 1. The van der Waals surface area contributed by atoms with Crippen LogP contribution in [0.5, 0.6) is 0 Å². The van der Waals surface area contributed by atoms with Gasteiger partial charge in [0.25, 0.3) is 6.43 Å². The average molecular weight is 237 g/mol. The molecule has 0 saturated carbocycles. The first-order valence-corrected chi connectivity index (χ1v) is 5.14. The van der Waals surface area contributed by atoms with Gasteiger partial charge >= 0.3 is 5.97 Å². The number of esters is 1. The summed E-state index contributed by atoms with van der Waals surface area (Å²) >= 11 is 0. The number of halogens is 2. The molecule has 16 heavy (non-hydrogen) atoms. The molecule has 0 aromatic carbocycles. The predicted octanol–water partition coefficient (Wildman–Crippen LogP) is 1.14. The fourth-order valence-corrected chi connectivity index (χ4v) is 1.15. The second kappa shape index (κ2) is 8.15. The third-order valence-electron chi connectivity index (χ3n) is 1.85. The summed E-state index contributed by atoms with van der Waals surface area (Å²) in [4.78, 5) is 21.6. The summed E-state index contributed by atoms with van der Waals surface area (Å²) < 4.78 is 29.4. The Balaban J connectivity index is 3.84. The lowest BCUT2D eigenvalue weighted by Gasteiger charge is -2.15. The van der Waals surface area contributed by atoms with Gasteiger partial charge in [0.2, 0.25) is 0 Å². The van der Waals surface area contributed by atoms with Gasteiger partial charge in [-0.15, -0.1) is 0 Å². The summed E-state index contributed by atoms with van der Waals surface area (Å²) in [5.41, 5.74) is 0. The van der Waals surface area contributed by atoms with E-state index in [1.54, 1.807) is 6.92 Å². The number of carbonyl (C=O) groups excluding carboxylic acids is 2. The van der Waals surface area contributed by atoms with E-state index in [1.165, 1.54) is 6.92 Å². The molecule has 0 amide bonds. The van der Waals surface area contributed by atoms with Crippen LogP contribution in [0.2, 0.25) is 0 Å². The summed E-state index contributed by atoms with van der Waals surface area (Å²) in [7, 11) is 0. The van der Waals surface area contributed by atoms with Crippen LogP contribution in [-0.4, -0.2) is 37.4 Å². The first-order valence-electron chi connectivity index (χ1n) is 5.14. The van der Waals surface area contributed by atoms with Crippen molar-refractivity contribution in [2.24, 2.45) is 0 Å². The summed E-state index contributed by atoms with van der Waals surface area (Å²) in [6, 6.07) is -1.19. The summed E-state index contributed by atoms with van der Waals surface area (Å²) in [5.74, 6) is -0.750. The van der Waals surface area contributed by atoms with E-state index in [0.717, 1.165) is 0 Å². The number of rotatable bonds is 8. The van der Waals surface area contributed by atoms with Gasteiger partial charge in [0.1, 0.15) is 5.78 Å².